The number of anilines is 1. The average molecular weight is 370 g/mol. The van der Waals surface area contributed by atoms with Crippen molar-refractivity contribution in [2.45, 2.75) is 6.42 Å². The van der Waals surface area contributed by atoms with Crippen molar-refractivity contribution in [2.75, 3.05) is 11.9 Å². The van der Waals surface area contributed by atoms with Crippen molar-refractivity contribution < 1.29 is 0 Å². The lowest BCUT2D eigenvalue weighted by molar-refractivity contribution is 0.786. The van der Waals surface area contributed by atoms with Gasteiger partial charge in [0.25, 0.3) is 0 Å². The van der Waals surface area contributed by atoms with E-state index in [9.17, 15) is 0 Å². The van der Waals surface area contributed by atoms with Gasteiger partial charge in [-0.15, -0.1) is 0 Å². The molecule has 0 atom stereocenters. The van der Waals surface area contributed by atoms with E-state index in [1.807, 2.05) is 37.5 Å². The Bertz CT molecular complexity index is 1260. The van der Waals surface area contributed by atoms with Crippen LogP contribution in [0.3, 0.4) is 0 Å². The van der Waals surface area contributed by atoms with Gasteiger partial charge < -0.3 is 5.32 Å². The van der Waals surface area contributed by atoms with Crippen molar-refractivity contribution in [1.29, 1.82) is 0 Å². The molecule has 4 heterocycles. The highest BCUT2D eigenvalue weighted by atomic mass is 15.3. The number of aryl methyl sites for hydroxylation is 1. The number of hydrogen-bond acceptors (Lipinski definition) is 6. The Labute approximate surface area is 160 Å². The summed E-state index contributed by atoms with van der Waals surface area (Å²) >= 11 is 0. The maximum Gasteiger partial charge on any atom is 0.164 e. The van der Waals surface area contributed by atoms with Crippen molar-refractivity contribution in [3.63, 3.8) is 0 Å². The second-order valence-corrected chi connectivity index (χ2v) is 6.58. The fourth-order valence-electron chi connectivity index (χ4n) is 3.31. The van der Waals surface area contributed by atoms with Gasteiger partial charge in [0.2, 0.25) is 0 Å². The Hall–Kier alpha value is -3.81. The summed E-state index contributed by atoms with van der Waals surface area (Å²) in [7, 11) is 1.89. The monoisotopic (exact) mass is 370 g/mol. The first-order chi connectivity index (χ1) is 13.8. The van der Waals surface area contributed by atoms with Gasteiger partial charge in [-0.2, -0.15) is 10.2 Å². The summed E-state index contributed by atoms with van der Waals surface area (Å²) in [6.45, 7) is 0.738. The van der Waals surface area contributed by atoms with Gasteiger partial charge in [0.1, 0.15) is 5.82 Å². The number of benzene rings is 1. The number of pyridine rings is 1. The van der Waals surface area contributed by atoms with Gasteiger partial charge in [0, 0.05) is 36.9 Å². The van der Waals surface area contributed by atoms with Crippen molar-refractivity contribution in [2.24, 2.45) is 7.05 Å². The van der Waals surface area contributed by atoms with E-state index < -0.39 is 0 Å². The summed E-state index contributed by atoms with van der Waals surface area (Å²) in [6.07, 6.45) is 8.11. The predicted molar refractivity (Wildman–Crippen MR) is 108 cm³/mol. The average Bonchev–Trinajstić information content (AvgIpc) is 3.35. The van der Waals surface area contributed by atoms with Crippen LogP contribution in [0.25, 0.3) is 33.3 Å². The molecule has 8 heteroatoms. The molecule has 0 amide bonds. The molecule has 28 heavy (non-hydrogen) atoms. The Morgan fingerprint density at radius 2 is 2.00 bits per heavy atom. The molecule has 1 aromatic carbocycles. The van der Waals surface area contributed by atoms with Gasteiger partial charge in [-0.25, -0.2) is 9.97 Å². The summed E-state index contributed by atoms with van der Waals surface area (Å²) in [5.41, 5.74) is 3.85. The van der Waals surface area contributed by atoms with Gasteiger partial charge in [0.15, 0.2) is 11.5 Å². The normalized spacial score (nSPS) is 11.3. The first kappa shape index (κ1) is 16.4. The lowest BCUT2D eigenvalue weighted by Gasteiger charge is -2.10. The zero-order valence-corrected chi connectivity index (χ0v) is 15.3. The first-order valence-corrected chi connectivity index (χ1v) is 9.04. The summed E-state index contributed by atoms with van der Waals surface area (Å²) in [5.74, 6) is 1.42. The van der Waals surface area contributed by atoms with E-state index in [0.717, 1.165) is 46.3 Å². The fraction of sp³-hybridized carbons (Fsp3) is 0.150. The van der Waals surface area contributed by atoms with Gasteiger partial charge in [-0.1, -0.05) is 18.2 Å². The number of fused-ring (bicyclic) bond motifs is 2. The van der Waals surface area contributed by atoms with E-state index in [-0.39, 0.29) is 0 Å². The van der Waals surface area contributed by atoms with Crippen molar-refractivity contribution in [1.82, 2.24) is 34.9 Å². The van der Waals surface area contributed by atoms with E-state index in [1.54, 1.807) is 23.3 Å². The van der Waals surface area contributed by atoms with E-state index in [4.69, 9.17) is 9.97 Å². The SMILES string of the molecule is Cn1ncc2c(NCCc3cccnc3)nc(-c3cccc4[nH]ncc34)nc21. The Balaban J connectivity index is 1.54. The highest BCUT2D eigenvalue weighted by Gasteiger charge is 2.15. The molecule has 0 spiro atoms. The molecule has 0 bridgehead atoms. The zero-order chi connectivity index (χ0) is 18.9. The van der Waals surface area contributed by atoms with E-state index in [1.165, 1.54) is 5.56 Å². The standard InChI is InChI=1S/C20H18N8/c1-28-20-16(12-24-28)18(22-9-7-13-4-3-8-21-10-13)25-19(26-20)14-5-2-6-17-15(14)11-23-27-17/h2-6,8,10-12H,7,9H2,1H3,(H,23,27)(H,22,25,26). The number of nitrogens with zero attached hydrogens (tertiary/aromatic N) is 6. The van der Waals surface area contributed by atoms with Crippen LogP contribution in [0.2, 0.25) is 0 Å². The molecule has 0 radical (unpaired) electrons. The summed E-state index contributed by atoms with van der Waals surface area (Å²) in [4.78, 5) is 13.7. The molecule has 0 saturated heterocycles. The second kappa shape index (κ2) is 6.73. The lowest BCUT2D eigenvalue weighted by Crippen LogP contribution is -2.08. The topological polar surface area (TPSA) is 97.2 Å². The second-order valence-electron chi connectivity index (χ2n) is 6.58. The molecule has 0 aliphatic rings. The molecule has 5 rings (SSSR count). The zero-order valence-electron chi connectivity index (χ0n) is 15.3. The number of hydrogen-bond donors (Lipinski definition) is 2. The van der Waals surface area contributed by atoms with Crippen molar-refractivity contribution in [3.05, 3.63) is 60.7 Å². The van der Waals surface area contributed by atoms with Crippen LogP contribution in [0, 0.1) is 0 Å². The summed E-state index contributed by atoms with van der Waals surface area (Å²) in [5, 5.41) is 16.8. The predicted octanol–water partition coefficient (Wildman–Crippen LogP) is 2.96. The number of aromatic nitrogens is 7. The van der Waals surface area contributed by atoms with Crippen LogP contribution in [-0.4, -0.2) is 41.5 Å². The Morgan fingerprint density at radius 1 is 1.04 bits per heavy atom. The number of aromatic amines is 1. The molecule has 138 valence electrons. The maximum atomic E-state index is 4.81. The first-order valence-electron chi connectivity index (χ1n) is 9.04. The fourth-order valence-corrected chi connectivity index (χ4v) is 3.31. The molecule has 0 unspecified atom stereocenters. The third kappa shape index (κ3) is 2.84. The largest absolute Gasteiger partial charge is 0.369 e. The van der Waals surface area contributed by atoms with Crippen LogP contribution in [0.1, 0.15) is 5.56 Å². The number of rotatable bonds is 5. The molecular weight excluding hydrogens is 352 g/mol. The van der Waals surface area contributed by atoms with E-state index in [2.05, 4.69) is 31.7 Å². The van der Waals surface area contributed by atoms with Gasteiger partial charge in [0.05, 0.1) is 23.3 Å². The Kier molecular flexibility index (Phi) is 3.93. The number of nitrogens with one attached hydrogen (secondary N) is 2. The van der Waals surface area contributed by atoms with Crippen LogP contribution in [0.4, 0.5) is 5.82 Å². The molecule has 0 saturated carbocycles. The molecule has 8 nitrogen and oxygen atoms in total. The van der Waals surface area contributed by atoms with Gasteiger partial charge in [-0.05, 0) is 24.1 Å². The maximum absolute atomic E-state index is 4.81. The van der Waals surface area contributed by atoms with Crippen LogP contribution >= 0.6 is 0 Å². The number of H-pyrrole nitrogens is 1. The van der Waals surface area contributed by atoms with Crippen molar-refractivity contribution >= 4 is 27.8 Å². The summed E-state index contributed by atoms with van der Waals surface area (Å²) in [6, 6.07) is 9.99. The van der Waals surface area contributed by atoms with E-state index >= 15 is 0 Å². The highest BCUT2D eigenvalue weighted by Crippen LogP contribution is 2.28. The minimum absolute atomic E-state index is 0.645. The molecule has 5 aromatic rings. The smallest absolute Gasteiger partial charge is 0.164 e. The summed E-state index contributed by atoms with van der Waals surface area (Å²) < 4.78 is 1.77. The third-order valence-corrected chi connectivity index (χ3v) is 4.75. The van der Waals surface area contributed by atoms with Gasteiger partial charge >= 0.3 is 0 Å². The Morgan fingerprint density at radius 3 is 2.89 bits per heavy atom. The lowest BCUT2D eigenvalue weighted by atomic mass is 10.1. The van der Waals surface area contributed by atoms with E-state index in [0.29, 0.717) is 5.82 Å². The van der Waals surface area contributed by atoms with Crippen LogP contribution in [0.15, 0.2) is 55.1 Å². The molecule has 2 N–H and O–H groups in total. The van der Waals surface area contributed by atoms with Gasteiger partial charge in [-0.3, -0.25) is 14.8 Å². The van der Waals surface area contributed by atoms with Crippen LogP contribution in [-0.2, 0) is 13.5 Å². The third-order valence-electron chi connectivity index (χ3n) is 4.75. The van der Waals surface area contributed by atoms with Crippen LogP contribution < -0.4 is 5.32 Å². The molecule has 0 aliphatic heterocycles. The minimum atomic E-state index is 0.645. The van der Waals surface area contributed by atoms with Crippen LogP contribution in [0.5, 0.6) is 0 Å². The molecule has 4 aromatic heterocycles. The minimum Gasteiger partial charge on any atom is -0.369 e. The quantitative estimate of drug-likeness (QED) is 0.494. The molecule has 0 fully saturated rings. The molecule has 0 aliphatic carbocycles. The van der Waals surface area contributed by atoms with Crippen molar-refractivity contribution in [3.8, 4) is 11.4 Å². The molecular formula is C20H18N8. The highest BCUT2D eigenvalue weighted by molar-refractivity contribution is 5.95.